The fourth-order valence-electron chi connectivity index (χ4n) is 4.01. The smallest absolute Gasteiger partial charge is 0.305 e. The molecular weight excluding hydrogens is 404 g/mol. The van der Waals surface area contributed by atoms with Gasteiger partial charge < -0.3 is 9.30 Å². The number of aromatic nitrogens is 1. The molecule has 6 nitrogen and oxygen atoms in total. The topological polar surface area (TPSA) is 74.4 Å². The van der Waals surface area contributed by atoms with E-state index in [0.29, 0.717) is 6.42 Å². The van der Waals surface area contributed by atoms with Gasteiger partial charge in [-0.2, -0.15) is 0 Å². The monoisotopic (exact) mass is 442 g/mol. The zero-order chi connectivity index (χ0) is 23.2. The van der Waals surface area contributed by atoms with E-state index in [2.05, 4.69) is 28.5 Å². The number of nitro benzene ring substituents is 1. The molecule has 0 amide bonds. The number of benzene rings is 1. The van der Waals surface area contributed by atoms with E-state index in [4.69, 9.17) is 0 Å². The Bertz CT molecular complexity index is 827. The van der Waals surface area contributed by atoms with Gasteiger partial charge in [0.05, 0.1) is 12.0 Å². The van der Waals surface area contributed by atoms with Crippen LogP contribution >= 0.6 is 0 Å². The third-order valence-corrected chi connectivity index (χ3v) is 5.91. The minimum absolute atomic E-state index is 0.118. The molecule has 1 aromatic carbocycles. The van der Waals surface area contributed by atoms with Crippen molar-refractivity contribution >= 4 is 11.7 Å². The third kappa shape index (κ3) is 8.85. The van der Waals surface area contributed by atoms with E-state index in [1.807, 2.05) is 12.1 Å². The number of ether oxygens (including phenoxy) is 1. The van der Waals surface area contributed by atoms with Crippen LogP contribution in [0.4, 0.5) is 5.69 Å². The molecule has 32 heavy (non-hydrogen) atoms. The minimum atomic E-state index is -0.355. The second kappa shape index (κ2) is 14.4. The van der Waals surface area contributed by atoms with E-state index in [9.17, 15) is 14.9 Å². The lowest BCUT2D eigenvalue weighted by molar-refractivity contribution is -0.384. The van der Waals surface area contributed by atoms with Gasteiger partial charge in [0.25, 0.3) is 5.69 Å². The highest BCUT2D eigenvalue weighted by atomic mass is 16.6. The zero-order valence-corrected chi connectivity index (χ0v) is 19.7. The van der Waals surface area contributed by atoms with Crippen LogP contribution in [0, 0.1) is 10.1 Å². The summed E-state index contributed by atoms with van der Waals surface area (Å²) in [5, 5.41) is 11.0. The average Bonchev–Trinajstić information content (AvgIpc) is 3.21. The first-order chi connectivity index (χ1) is 15.5. The highest BCUT2D eigenvalue weighted by Crippen LogP contribution is 2.22. The summed E-state index contributed by atoms with van der Waals surface area (Å²) in [6.45, 7) is 2.22. The van der Waals surface area contributed by atoms with Crippen LogP contribution in [-0.4, -0.2) is 22.6 Å². The summed E-state index contributed by atoms with van der Waals surface area (Å²) in [6.07, 6.45) is 16.3. The van der Waals surface area contributed by atoms with Crippen molar-refractivity contribution in [1.29, 1.82) is 0 Å². The summed E-state index contributed by atoms with van der Waals surface area (Å²) in [5.41, 5.74) is 3.72. The molecule has 0 atom stereocenters. The molecule has 6 heteroatoms. The maximum absolute atomic E-state index is 11.1. The predicted octanol–water partition coefficient (Wildman–Crippen LogP) is 6.95. The van der Waals surface area contributed by atoms with Crippen LogP contribution in [0.25, 0.3) is 5.69 Å². The molecule has 0 saturated carbocycles. The van der Waals surface area contributed by atoms with Crippen LogP contribution in [0.15, 0.2) is 36.5 Å². The number of rotatable bonds is 16. The van der Waals surface area contributed by atoms with Gasteiger partial charge in [-0.3, -0.25) is 14.9 Å². The Balaban J connectivity index is 1.88. The number of esters is 1. The highest BCUT2D eigenvalue weighted by Gasteiger charge is 2.10. The highest BCUT2D eigenvalue weighted by molar-refractivity contribution is 5.68. The van der Waals surface area contributed by atoms with Crippen LogP contribution < -0.4 is 0 Å². The quantitative estimate of drug-likeness (QED) is 0.122. The lowest BCUT2D eigenvalue weighted by atomic mass is 10.1. The first-order valence-electron chi connectivity index (χ1n) is 12.1. The summed E-state index contributed by atoms with van der Waals surface area (Å²) in [6, 6.07) is 9.15. The number of hydrogen-bond donors (Lipinski definition) is 0. The fraction of sp³-hybridized carbons (Fsp3) is 0.577. The average molecular weight is 443 g/mol. The van der Waals surface area contributed by atoms with Gasteiger partial charge in [-0.25, -0.2) is 0 Å². The van der Waals surface area contributed by atoms with Crippen molar-refractivity contribution < 1.29 is 14.5 Å². The van der Waals surface area contributed by atoms with Crippen molar-refractivity contribution in [2.24, 2.45) is 0 Å². The zero-order valence-electron chi connectivity index (χ0n) is 19.7. The summed E-state index contributed by atoms with van der Waals surface area (Å²) in [4.78, 5) is 21.7. The lowest BCUT2D eigenvalue weighted by Crippen LogP contribution is -1.99. The number of non-ortho nitro benzene ring substituents is 1. The molecule has 0 saturated heterocycles. The molecule has 176 valence electrons. The van der Waals surface area contributed by atoms with Crippen molar-refractivity contribution in [1.82, 2.24) is 4.57 Å². The summed E-state index contributed by atoms with van der Waals surface area (Å²) in [7, 11) is 1.44. The number of carbonyl (C=O) groups excluding carboxylic acids is 1. The predicted molar refractivity (Wildman–Crippen MR) is 128 cm³/mol. The van der Waals surface area contributed by atoms with Crippen LogP contribution in [0.5, 0.6) is 0 Å². The fourth-order valence-corrected chi connectivity index (χ4v) is 4.01. The van der Waals surface area contributed by atoms with E-state index in [0.717, 1.165) is 50.6 Å². The molecule has 2 rings (SSSR count). The molecule has 2 aromatic rings. The maximum atomic E-state index is 11.1. The Morgan fingerprint density at radius 1 is 0.938 bits per heavy atom. The van der Waals surface area contributed by atoms with E-state index >= 15 is 0 Å². The van der Waals surface area contributed by atoms with Crippen molar-refractivity contribution in [2.75, 3.05) is 7.11 Å². The second-order valence-corrected chi connectivity index (χ2v) is 8.49. The number of nitro groups is 1. The van der Waals surface area contributed by atoms with Gasteiger partial charge in [0.15, 0.2) is 0 Å². The normalized spacial score (nSPS) is 10.9. The summed E-state index contributed by atoms with van der Waals surface area (Å²) in [5.74, 6) is -0.118. The molecule has 0 aliphatic carbocycles. The molecule has 0 unspecified atom stereocenters. The van der Waals surface area contributed by atoms with Crippen LogP contribution in [0.2, 0.25) is 0 Å². The molecule has 1 aromatic heterocycles. The molecule has 0 radical (unpaired) electrons. The van der Waals surface area contributed by atoms with Gasteiger partial charge in [-0.15, -0.1) is 0 Å². The van der Waals surface area contributed by atoms with E-state index in [-0.39, 0.29) is 16.6 Å². The second-order valence-electron chi connectivity index (χ2n) is 8.49. The number of unbranched alkanes of at least 4 members (excludes halogenated alkanes) is 8. The standard InChI is InChI=1S/C26H38N2O4/c1-3-4-5-11-14-25-20-22(13-10-8-6-7-9-12-15-26(29)32-2)21-27(25)23-16-18-24(19-17-23)28(30)31/h16-21H,3-15H2,1-2H3. The van der Waals surface area contributed by atoms with Crippen molar-refractivity contribution in [3.05, 3.63) is 57.9 Å². The van der Waals surface area contributed by atoms with Gasteiger partial charge in [-0.1, -0.05) is 51.9 Å². The third-order valence-electron chi connectivity index (χ3n) is 5.91. The number of aryl methyl sites for hydroxylation is 2. The van der Waals surface area contributed by atoms with E-state index in [1.54, 1.807) is 12.1 Å². The molecule has 0 bridgehead atoms. The van der Waals surface area contributed by atoms with Gasteiger partial charge in [-0.05, 0) is 55.9 Å². The van der Waals surface area contributed by atoms with Crippen molar-refractivity contribution in [3.63, 3.8) is 0 Å². The number of nitrogens with zero attached hydrogens (tertiary/aromatic N) is 2. The van der Waals surface area contributed by atoms with Gasteiger partial charge in [0.2, 0.25) is 0 Å². The molecule has 1 heterocycles. The van der Waals surface area contributed by atoms with E-state index < -0.39 is 0 Å². The molecule has 0 spiro atoms. The molecular formula is C26H38N2O4. The Hall–Kier alpha value is -2.63. The number of hydrogen-bond acceptors (Lipinski definition) is 4. The molecule has 0 aliphatic heterocycles. The Morgan fingerprint density at radius 2 is 1.56 bits per heavy atom. The minimum Gasteiger partial charge on any atom is -0.469 e. The Labute approximate surface area is 192 Å². The first-order valence-corrected chi connectivity index (χ1v) is 12.1. The van der Waals surface area contributed by atoms with Gasteiger partial charge in [0, 0.05) is 36.1 Å². The lowest BCUT2D eigenvalue weighted by Gasteiger charge is -2.09. The molecule has 0 aliphatic rings. The first kappa shape index (κ1) is 25.6. The number of carbonyl (C=O) groups is 1. The van der Waals surface area contributed by atoms with Crippen LogP contribution in [-0.2, 0) is 22.4 Å². The summed E-state index contributed by atoms with van der Waals surface area (Å²) >= 11 is 0. The van der Waals surface area contributed by atoms with Crippen LogP contribution in [0.3, 0.4) is 0 Å². The SMILES string of the molecule is CCCCCCc1cc(CCCCCCCCC(=O)OC)cn1-c1ccc([N+](=O)[O-])cc1. The molecule has 0 N–H and O–H groups in total. The van der Waals surface area contributed by atoms with Gasteiger partial charge >= 0.3 is 5.97 Å². The van der Waals surface area contributed by atoms with Crippen molar-refractivity contribution in [3.8, 4) is 5.69 Å². The Morgan fingerprint density at radius 3 is 2.22 bits per heavy atom. The Kier molecular flexibility index (Phi) is 11.6. The number of methoxy groups -OCH3 is 1. The van der Waals surface area contributed by atoms with Crippen molar-refractivity contribution in [2.45, 2.75) is 90.4 Å². The maximum Gasteiger partial charge on any atom is 0.305 e. The van der Waals surface area contributed by atoms with Crippen LogP contribution in [0.1, 0.15) is 88.8 Å². The largest absolute Gasteiger partial charge is 0.469 e. The van der Waals surface area contributed by atoms with E-state index in [1.165, 1.54) is 50.5 Å². The summed E-state index contributed by atoms with van der Waals surface area (Å²) < 4.78 is 6.88. The van der Waals surface area contributed by atoms with Gasteiger partial charge in [0.1, 0.15) is 0 Å². The molecule has 0 fully saturated rings.